The van der Waals surface area contributed by atoms with E-state index in [4.69, 9.17) is 0 Å². The van der Waals surface area contributed by atoms with E-state index < -0.39 is 0 Å². The third-order valence-electron chi connectivity index (χ3n) is 4.80. The van der Waals surface area contributed by atoms with Crippen LogP contribution in [0.2, 0.25) is 0 Å². The van der Waals surface area contributed by atoms with Gasteiger partial charge in [0.15, 0.2) is 0 Å². The van der Waals surface area contributed by atoms with E-state index in [0.717, 1.165) is 32.1 Å². The topological polar surface area (TPSA) is 20.2 Å². The molecule has 0 aliphatic rings. The minimum absolute atomic E-state index is 0.618. The maximum Gasteiger partial charge on any atom is 0.122 e. The van der Waals surface area contributed by atoms with Gasteiger partial charge in [0.2, 0.25) is 0 Å². The Labute approximate surface area is 138 Å². The van der Waals surface area contributed by atoms with Crippen molar-refractivity contribution in [3.8, 4) is 5.75 Å². The zero-order valence-electron chi connectivity index (χ0n) is 15.5. The lowest BCUT2D eigenvalue weighted by Gasteiger charge is -2.24. The average molecular weight is 305 g/mol. The lowest BCUT2D eigenvalue weighted by atomic mass is 9.82. The van der Waals surface area contributed by atoms with Crippen molar-refractivity contribution < 1.29 is 5.11 Å². The Kier molecular flexibility index (Phi) is 8.60. The second kappa shape index (κ2) is 9.92. The van der Waals surface area contributed by atoms with Gasteiger partial charge in [-0.1, -0.05) is 53.9 Å². The SMILES string of the molecule is CCCCc1c(CCC)c(O)c(CC)c(CC)c1CCCC. The summed E-state index contributed by atoms with van der Waals surface area (Å²) in [6, 6.07) is 0. The van der Waals surface area contributed by atoms with Crippen molar-refractivity contribution in [3.63, 3.8) is 0 Å². The molecule has 0 fully saturated rings. The molecule has 1 rings (SSSR count). The molecule has 1 N–H and O–H groups in total. The first-order valence-corrected chi connectivity index (χ1v) is 9.53. The van der Waals surface area contributed by atoms with Crippen molar-refractivity contribution in [2.45, 2.75) is 98.8 Å². The van der Waals surface area contributed by atoms with Gasteiger partial charge in [-0.3, -0.25) is 0 Å². The average Bonchev–Trinajstić information content (AvgIpc) is 2.53. The number of aromatic hydroxyl groups is 1. The molecule has 0 aliphatic heterocycles. The fourth-order valence-electron chi connectivity index (χ4n) is 3.65. The molecule has 0 spiro atoms. The van der Waals surface area contributed by atoms with Crippen LogP contribution in [0, 0.1) is 0 Å². The van der Waals surface area contributed by atoms with E-state index in [1.54, 1.807) is 5.56 Å². The number of phenolic OH excluding ortho intramolecular Hbond substituents is 1. The predicted octanol–water partition coefficient (Wildman–Crippen LogP) is 6.15. The van der Waals surface area contributed by atoms with Gasteiger partial charge in [0.1, 0.15) is 5.75 Å². The molecule has 1 heteroatoms. The van der Waals surface area contributed by atoms with Gasteiger partial charge >= 0.3 is 0 Å². The van der Waals surface area contributed by atoms with Crippen LogP contribution in [0.15, 0.2) is 0 Å². The minimum Gasteiger partial charge on any atom is -0.507 e. The van der Waals surface area contributed by atoms with Crippen molar-refractivity contribution in [1.82, 2.24) is 0 Å². The lowest BCUT2D eigenvalue weighted by molar-refractivity contribution is 0.457. The predicted molar refractivity (Wildman–Crippen MR) is 98.1 cm³/mol. The van der Waals surface area contributed by atoms with Gasteiger partial charge in [-0.15, -0.1) is 0 Å². The summed E-state index contributed by atoms with van der Waals surface area (Å²) in [5.74, 6) is 0.618. The maximum atomic E-state index is 10.9. The standard InChI is InChI=1S/C21H36O/c1-6-11-14-18-16(9-4)17(10-5)21(22)20(13-8-3)19(18)15-12-7-2/h22H,6-15H2,1-5H3. The Hall–Kier alpha value is -0.980. The number of unbranched alkanes of at least 4 members (excludes halogenated alkanes) is 2. The van der Waals surface area contributed by atoms with Gasteiger partial charge in [-0.25, -0.2) is 0 Å². The van der Waals surface area contributed by atoms with E-state index in [1.807, 2.05) is 0 Å². The quantitative estimate of drug-likeness (QED) is 0.549. The van der Waals surface area contributed by atoms with Crippen molar-refractivity contribution in [2.75, 3.05) is 0 Å². The van der Waals surface area contributed by atoms with Gasteiger partial charge < -0.3 is 5.11 Å². The number of phenols is 1. The Morgan fingerprint density at radius 1 is 0.545 bits per heavy atom. The summed E-state index contributed by atoms with van der Waals surface area (Å²) in [4.78, 5) is 0. The number of hydrogen-bond acceptors (Lipinski definition) is 1. The van der Waals surface area contributed by atoms with Crippen molar-refractivity contribution in [2.24, 2.45) is 0 Å². The van der Waals surface area contributed by atoms with Crippen molar-refractivity contribution >= 4 is 0 Å². The van der Waals surface area contributed by atoms with Crippen LogP contribution in [0.4, 0.5) is 0 Å². The fraction of sp³-hybridized carbons (Fsp3) is 0.714. The smallest absolute Gasteiger partial charge is 0.122 e. The molecule has 0 radical (unpaired) electrons. The van der Waals surface area contributed by atoms with Crippen LogP contribution >= 0.6 is 0 Å². The summed E-state index contributed by atoms with van der Waals surface area (Å²) >= 11 is 0. The first-order chi connectivity index (χ1) is 10.7. The molecular weight excluding hydrogens is 268 g/mol. The molecule has 126 valence electrons. The van der Waals surface area contributed by atoms with Gasteiger partial charge in [-0.2, -0.15) is 0 Å². The summed E-state index contributed by atoms with van der Waals surface area (Å²) in [5, 5.41) is 10.9. The maximum absolute atomic E-state index is 10.9. The second-order valence-corrected chi connectivity index (χ2v) is 6.41. The first kappa shape index (κ1) is 19.1. The summed E-state index contributed by atoms with van der Waals surface area (Å²) < 4.78 is 0. The third-order valence-corrected chi connectivity index (χ3v) is 4.80. The van der Waals surface area contributed by atoms with Crippen LogP contribution in [0.5, 0.6) is 5.75 Å². The molecule has 1 aromatic carbocycles. The Morgan fingerprint density at radius 3 is 1.45 bits per heavy atom. The molecule has 0 saturated carbocycles. The zero-order valence-corrected chi connectivity index (χ0v) is 15.5. The summed E-state index contributed by atoms with van der Waals surface area (Å²) in [6.07, 6.45) is 11.4. The Balaban J connectivity index is 3.52. The molecule has 0 amide bonds. The normalized spacial score (nSPS) is 11.1. The molecule has 22 heavy (non-hydrogen) atoms. The molecule has 1 aromatic rings. The highest BCUT2D eigenvalue weighted by molar-refractivity contribution is 5.55. The summed E-state index contributed by atoms with van der Waals surface area (Å²) in [5.41, 5.74) is 6.99. The van der Waals surface area contributed by atoms with Crippen molar-refractivity contribution in [1.29, 1.82) is 0 Å². The third kappa shape index (κ3) is 4.27. The van der Waals surface area contributed by atoms with Crippen molar-refractivity contribution in [3.05, 3.63) is 27.8 Å². The first-order valence-electron chi connectivity index (χ1n) is 9.53. The van der Waals surface area contributed by atoms with E-state index in [0.29, 0.717) is 5.75 Å². The highest BCUT2D eigenvalue weighted by Crippen LogP contribution is 2.37. The van der Waals surface area contributed by atoms with E-state index in [9.17, 15) is 5.11 Å². The monoisotopic (exact) mass is 304 g/mol. The van der Waals surface area contributed by atoms with Gasteiger partial charge in [-0.05, 0) is 72.8 Å². The Morgan fingerprint density at radius 2 is 1.05 bits per heavy atom. The van der Waals surface area contributed by atoms with E-state index in [2.05, 4.69) is 34.6 Å². The molecule has 0 aliphatic carbocycles. The molecule has 0 saturated heterocycles. The van der Waals surface area contributed by atoms with Gasteiger partial charge in [0.25, 0.3) is 0 Å². The van der Waals surface area contributed by atoms with E-state index in [1.165, 1.54) is 54.4 Å². The minimum atomic E-state index is 0.618. The van der Waals surface area contributed by atoms with Gasteiger partial charge in [0.05, 0.1) is 0 Å². The van der Waals surface area contributed by atoms with Crippen LogP contribution in [-0.2, 0) is 32.1 Å². The van der Waals surface area contributed by atoms with Crippen LogP contribution < -0.4 is 0 Å². The van der Waals surface area contributed by atoms with Crippen LogP contribution in [0.1, 0.15) is 94.5 Å². The molecular formula is C21H36O. The Bertz CT molecular complexity index is 460. The largest absolute Gasteiger partial charge is 0.507 e. The molecule has 0 heterocycles. The molecule has 0 atom stereocenters. The van der Waals surface area contributed by atoms with Crippen LogP contribution in [-0.4, -0.2) is 5.11 Å². The molecule has 0 unspecified atom stereocenters. The van der Waals surface area contributed by atoms with Gasteiger partial charge in [0, 0.05) is 0 Å². The van der Waals surface area contributed by atoms with Crippen LogP contribution in [0.3, 0.4) is 0 Å². The molecule has 1 nitrogen and oxygen atoms in total. The number of hydrogen-bond donors (Lipinski definition) is 1. The lowest BCUT2D eigenvalue weighted by Crippen LogP contribution is -2.09. The fourth-order valence-corrected chi connectivity index (χ4v) is 3.65. The summed E-state index contributed by atoms with van der Waals surface area (Å²) in [6.45, 7) is 11.2. The highest BCUT2D eigenvalue weighted by atomic mass is 16.3. The summed E-state index contributed by atoms with van der Waals surface area (Å²) in [7, 11) is 0. The van der Waals surface area contributed by atoms with Crippen LogP contribution in [0.25, 0.3) is 0 Å². The highest BCUT2D eigenvalue weighted by Gasteiger charge is 2.20. The number of rotatable bonds is 10. The van der Waals surface area contributed by atoms with E-state index in [-0.39, 0.29) is 0 Å². The second-order valence-electron chi connectivity index (χ2n) is 6.41. The molecule has 0 bridgehead atoms. The molecule has 0 aromatic heterocycles. The van der Waals surface area contributed by atoms with E-state index >= 15 is 0 Å². The zero-order chi connectivity index (χ0) is 16.5. The number of benzene rings is 1.